The summed E-state index contributed by atoms with van der Waals surface area (Å²) in [5.41, 5.74) is 2.87. The molecule has 0 bridgehead atoms. The Bertz CT molecular complexity index is 1480. The largest absolute Gasteiger partial charge is 2.00 e. The normalized spacial score (nSPS) is 13.1. The third kappa shape index (κ3) is 6.72. The first-order chi connectivity index (χ1) is 18.4. The van der Waals surface area contributed by atoms with E-state index in [0.29, 0.717) is 11.1 Å². The molecule has 186 valence electrons. The number of fused-ring (bicyclic) bond motifs is 2. The second kappa shape index (κ2) is 13.1. The van der Waals surface area contributed by atoms with Gasteiger partial charge in [0.15, 0.2) is 23.1 Å². The summed E-state index contributed by atoms with van der Waals surface area (Å²) in [4.78, 5) is 53.3. The van der Waals surface area contributed by atoms with E-state index >= 15 is 0 Å². The van der Waals surface area contributed by atoms with Crippen molar-refractivity contribution in [3.8, 4) is 11.4 Å². The molecule has 2 aliphatic rings. The van der Waals surface area contributed by atoms with Crippen molar-refractivity contribution in [2.75, 3.05) is 0 Å². The molecule has 0 fully saturated rings. The fourth-order valence-corrected chi connectivity index (χ4v) is 3.61. The van der Waals surface area contributed by atoms with E-state index in [4.69, 9.17) is 0 Å². The van der Waals surface area contributed by atoms with Gasteiger partial charge in [-0.3, -0.25) is 29.1 Å². The van der Waals surface area contributed by atoms with Gasteiger partial charge in [-0.1, -0.05) is 72.2 Å². The third-order valence-corrected chi connectivity index (χ3v) is 5.44. The number of benzene rings is 2. The number of Topliss-reactive ketones (excluding diaryl/α,β-unsaturated/α-hetero) is 2. The Morgan fingerprint density at radius 1 is 0.462 bits per heavy atom. The molecule has 2 heterocycles. The zero-order valence-corrected chi connectivity index (χ0v) is 23.4. The quantitative estimate of drug-likeness (QED) is 0.320. The molecule has 9 heteroatoms. The van der Waals surface area contributed by atoms with Crippen LogP contribution >= 0.6 is 0 Å². The molecule has 0 atom stereocenters. The van der Waals surface area contributed by atoms with Crippen LogP contribution in [0.25, 0.3) is 11.4 Å². The minimum atomic E-state index is -0.733. The summed E-state index contributed by atoms with van der Waals surface area (Å²) in [6, 6.07) is 24.2. The van der Waals surface area contributed by atoms with Crippen LogP contribution < -0.4 is 10.2 Å². The number of carbonyl (C=O) groups is 4. The first-order valence-electron chi connectivity index (χ1n) is 11.3. The van der Waals surface area contributed by atoms with E-state index in [0.717, 1.165) is 23.5 Å². The fourth-order valence-electron chi connectivity index (χ4n) is 3.61. The maximum Gasteiger partial charge on any atom is 2.00 e. The molecule has 0 unspecified atom stereocenters. The SMILES string of the molecule is O=C1C=C([O-])C(=O)c2ccccc21.O=C1C=C([O-])C(=O)c2ccccc21.[Zn+2].c1ccc(-c2ccccn2)nc1. The molecule has 2 aliphatic carbocycles. The van der Waals surface area contributed by atoms with Crippen LogP contribution in [-0.2, 0) is 19.5 Å². The van der Waals surface area contributed by atoms with Crippen LogP contribution in [0, 0.1) is 0 Å². The molecule has 0 N–H and O–H groups in total. The minimum absolute atomic E-state index is 0. The van der Waals surface area contributed by atoms with Crippen molar-refractivity contribution in [2.45, 2.75) is 0 Å². The summed E-state index contributed by atoms with van der Waals surface area (Å²) >= 11 is 0. The van der Waals surface area contributed by atoms with Crippen LogP contribution in [0.4, 0.5) is 0 Å². The Hall–Kier alpha value is -4.88. The molecule has 0 amide bonds. The van der Waals surface area contributed by atoms with Crippen molar-refractivity contribution in [3.63, 3.8) is 0 Å². The predicted molar refractivity (Wildman–Crippen MR) is 134 cm³/mol. The summed E-state index contributed by atoms with van der Waals surface area (Å²) in [6.45, 7) is 0. The maximum atomic E-state index is 11.2. The van der Waals surface area contributed by atoms with Crippen molar-refractivity contribution < 1.29 is 48.9 Å². The van der Waals surface area contributed by atoms with Crippen LogP contribution in [0.1, 0.15) is 41.4 Å². The van der Waals surface area contributed by atoms with Crippen molar-refractivity contribution in [2.24, 2.45) is 0 Å². The van der Waals surface area contributed by atoms with Gasteiger partial charge in [0.1, 0.15) is 0 Å². The summed E-state index contributed by atoms with van der Waals surface area (Å²) in [5.74, 6) is -3.45. The van der Waals surface area contributed by atoms with E-state index in [1.54, 1.807) is 48.8 Å². The molecule has 0 saturated carbocycles. The van der Waals surface area contributed by atoms with E-state index in [2.05, 4.69) is 9.97 Å². The van der Waals surface area contributed by atoms with Gasteiger partial charge in [0.25, 0.3) is 0 Å². The number of hydrogen-bond donors (Lipinski definition) is 0. The maximum absolute atomic E-state index is 11.2. The molecule has 2 aromatic carbocycles. The molecule has 6 rings (SSSR count). The number of carbonyl (C=O) groups excluding carboxylic acids is 4. The van der Waals surface area contributed by atoms with E-state index in [1.165, 1.54) is 12.1 Å². The number of pyridine rings is 2. The van der Waals surface area contributed by atoms with Crippen LogP contribution in [0.2, 0.25) is 0 Å². The standard InChI is InChI=1S/C10H8N2.2C10H6O3.Zn/c1-3-7-11-9(5-1)10-6-2-4-8-12-10;2*11-8-5-9(12)10(13)7-4-2-1-3-6(7)8;/h1-8H;2*1-5,12H;/q;;;+2/p-2. The second-order valence-corrected chi connectivity index (χ2v) is 7.93. The predicted octanol–water partition coefficient (Wildman–Crippen LogP) is 2.76. The average molecular weight is 568 g/mol. The number of nitrogens with zero attached hydrogens (tertiary/aromatic N) is 2. The summed E-state index contributed by atoms with van der Waals surface area (Å²) in [7, 11) is 0. The van der Waals surface area contributed by atoms with Gasteiger partial charge in [0.05, 0.1) is 11.4 Å². The second-order valence-electron chi connectivity index (χ2n) is 7.93. The number of hydrogen-bond acceptors (Lipinski definition) is 8. The molecule has 0 spiro atoms. The van der Waals surface area contributed by atoms with Gasteiger partial charge in [-0.25, -0.2) is 0 Å². The fraction of sp³-hybridized carbons (Fsp3) is 0. The number of aromatic nitrogens is 2. The van der Waals surface area contributed by atoms with Gasteiger partial charge in [-0.15, -0.1) is 0 Å². The Morgan fingerprint density at radius 2 is 0.795 bits per heavy atom. The van der Waals surface area contributed by atoms with E-state index < -0.39 is 23.1 Å². The Labute approximate surface area is 236 Å². The molecular weight excluding hydrogens is 550 g/mol. The molecule has 4 aromatic rings. The van der Waals surface area contributed by atoms with Crippen molar-refractivity contribution >= 4 is 23.1 Å². The average Bonchev–Trinajstić information content (AvgIpc) is 2.96. The van der Waals surface area contributed by atoms with Gasteiger partial charge in [-0.05, 0) is 36.4 Å². The van der Waals surface area contributed by atoms with Crippen LogP contribution in [0.15, 0.2) is 121 Å². The molecule has 0 saturated heterocycles. The van der Waals surface area contributed by atoms with Crippen LogP contribution in [0.5, 0.6) is 0 Å². The van der Waals surface area contributed by atoms with Gasteiger partial charge in [0, 0.05) is 34.6 Å². The van der Waals surface area contributed by atoms with E-state index in [1.807, 2.05) is 36.4 Å². The summed E-state index contributed by atoms with van der Waals surface area (Å²) < 4.78 is 0. The molecule has 0 radical (unpaired) electrons. The van der Waals surface area contributed by atoms with Crippen molar-refractivity contribution in [1.29, 1.82) is 0 Å². The number of ketones is 4. The Balaban J connectivity index is 0.000000160. The van der Waals surface area contributed by atoms with Crippen molar-refractivity contribution in [3.05, 3.63) is 143 Å². The summed E-state index contributed by atoms with van der Waals surface area (Å²) in [6.07, 6.45) is 5.21. The molecule has 39 heavy (non-hydrogen) atoms. The topological polar surface area (TPSA) is 140 Å². The molecule has 2 aromatic heterocycles. The number of rotatable bonds is 1. The van der Waals surface area contributed by atoms with Gasteiger partial charge in [0.2, 0.25) is 0 Å². The smallest absolute Gasteiger partial charge is 0.870 e. The van der Waals surface area contributed by atoms with Crippen LogP contribution in [0.3, 0.4) is 0 Å². The Kier molecular flexibility index (Phi) is 9.62. The van der Waals surface area contributed by atoms with E-state index in [9.17, 15) is 29.4 Å². The summed E-state index contributed by atoms with van der Waals surface area (Å²) in [5, 5.41) is 21.9. The van der Waals surface area contributed by atoms with Gasteiger partial charge in [-0.2, -0.15) is 0 Å². The third-order valence-electron chi connectivity index (χ3n) is 5.44. The van der Waals surface area contributed by atoms with E-state index in [-0.39, 0.29) is 42.2 Å². The van der Waals surface area contributed by atoms with Crippen molar-refractivity contribution in [1.82, 2.24) is 9.97 Å². The monoisotopic (exact) mass is 566 g/mol. The zero-order chi connectivity index (χ0) is 27.1. The van der Waals surface area contributed by atoms with Gasteiger partial charge < -0.3 is 10.2 Å². The van der Waals surface area contributed by atoms with Crippen LogP contribution in [-0.4, -0.2) is 33.1 Å². The van der Waals surface area contributed by atoms with Gasteiger partial charge >= 0.3 is 19.5 Å². The molecule has 0 aliphatic heterocycles. The zero-order valence-electron chi connectivity index (χ0n) is 20.4. The first kappa shape index (κ1) is 28.7. The molecular formula is C30H18N2O6Zn. The molecule has 8 nitrogen and oxygen atoms in total. The number of allylic oxidation sites excluding steroid dienone is 4. The first-order valence-corrected chi connectivity index (χ1v) is 11.3. The Morgan fingerprint density at radius 3 is 1.13 bits per heavy atom. The minimum Gasteiger partial charge on any atom is -0.870 e.